The molecule has 1 unspecified atom stereocenters. The Hall–Kier alpha value is -7.01. The van der Waals surface area contributed by atoms with Crippen LogP contribution < -0.4 is 21.3 Å². The van der Waals surface area contributed by atoms with Gasteiger partial charge in [-0.05, 0) is 69.0 Å². The number of cyclic esters (lactones) is 1. The van der Waals surface area contributed by atoms with Gasteiger partial charge in [-0.15, -0.1) is 10.2 Å². The zero-order valence-corrected chi connectivity index (χ0v) is 33.7. The van der Waals surface area contributed by atoms with E-state index in [0.29, 0.717) is 47.2 Å². The number of aryl methyl sites for hydroxylation is 1. The monoisotopic (exact) mass is 827 g/mol. The number of amides is 4. The predicted octanol–water partition coefficient (Wildman–Crippen LogP) is 5.83. The van der Waals surface area contributed by atoms with Gasteiger partial charge in [0.15, 0.2) is 0 Å². The van der Waals surface area contributed by atoms with E-state index in [1.807, 2.05) is 50.2 Å². The largest absolute Gasteiger partial charge is 0.451 e. The van der Waals surface area contributed by atoms with Gasteiger partial charge in [0.25, 0.3) is 17.7 Å². The lowest BCUT2D eigenvalue weighted by molar-refractivity contribution is -0.136. The van der Waals surface area contributed by atoms with Gasteiger partial charge in [-0.25, -0.2) is 9.78 Å². The highest BCUT2D eigenvalue weighted by Gasteiger charge is 2.45. The summed E-state index contributed by atoms with van der Waals surface area (Å²) in [6, 6.07) is 18.3. The average Bonchev–Trinajstić information content (AvgIpc) is 3.89. The van der Waals surface area contributed by atoms with Crippen molar-refractivity contribution < 1.29 is 38.2 Å². The highest BCUT2D eigenvalue weighted by atomic mass is 16.6. The zero-order valence-electron chi connectivity index (χ0n) is 33.7. The number of benzene rings is 3. The number of fused-ring (bicyclic) bond motifs is 2. The minimum Gasteiger partial charge on any atom is -0.451 e. The molecule has 1 fully saturated rings. The minimum absolute atomic E-state index is 0.0634. The fourth-order valence-corrected chi connectivity index (χ4v) is 7.84. The molecule has 5 N–H and O–H groups in total. The van der Waals surface area contributed by atoms with E-state index >= 15 is 0 Å². The Morgan fingerprint density at radius 3 is 2.51 bits per heavy atom. The molecule has 0 spiro atoms. The Bertz CT molecular complexity index is 2510. The summed E-state index contributed by atoms with van der Waals surface area (Å²) in [6.45, 7) is 4.04. The summed E-state index contributed by atoms with van der Waals surface area (Å²) in [5.74, 6) is -1.17. The zero-order chi connectivity index (χ0) is 42.7. The predicted molar refractivity (Wildman–Crippen MR) is 222 cm³/mol. The van der Waals surface area contributed by atoms with Crippen LogP contribution in [0.5, 0.6) is 0 Å². The molecule has 2 atom stereocenters. The molecule has 0 saturated carbocycles. The Morgan fingerprint density at radius 2 is 1.70 bits per heavy atom. The van der Waals surface area contributed by atoms with Gasteiger partial charge >= 0.3 is 5.97 Å². The molecule has 17 nitrogen and oxygen atoms in total. The van der Waals surface area contributed by atoms with Crippen LogP contribution in [0.3, 0.4) is 0 Å². The number of carbonyl (C=O) groups is 5. The number of imide groups is 2. The fourth-order valence-electron chi connectivity index (χ4n) is 7.84. The van der Waals surface area contributed by atoms with Crippen molar-refractivity contribution >= 4 is 52.7 Å². The number of hydrogen-bond donors (Lipinski definition) is 5. The van der Waals surface area contributed by atoms with Crippen molar-refractivity contribution in [1.82, 2.24) is 30.4 Å². The van der Waals surface area contributed by atoms with E-state index < -0.39 is 41.3 Å². The maximum absolute atomic E-state index is 13.4. The van der Waals surface area contributed by atoms with E-state index in [9.17, 15) is 29.1 Å². The SMILES string of the molecule is CC1(C)OC(=O)c2ccc(Nc3ncc(-c4nnc(CCCCCCCNc5cccc6c5C(=O)N(C5CCC(=O)NC5=O)C6=O)o4)c(N[C@H](CO)c4ccccc4)n3)cc21. The van der Waals surface area contributed by atoms with Crippen molar-refractivity contribution in [2.75, 3.05) is 29.1 Å². The van der Waals surface area contributed by atoms with Crippen LogP contribution >= 0.6 is 0 Å². The Labute approximate surface area is 350 Å². The number of anilines is 4. The van der Waals surface area contributed by atoms with Crippen LogP contribution in [0.25, 0.3) is 11.5 Å². The first-order valence-electron chi connectivity index (χ1n) is 20.4. The summed E-state index contributed by atoms with van der Waals surface area (Å²) in [4.78, 5) is 73.2. The average molecular weight is 828 g/mol. The molecule has 0 radical (unpaired) electrons. The molecule has 1 saturated heterocycles. The number of hydrogen-bond acceptors (Lipinski definition) is 15. The maximum Gasteiger partial charge on any atom is 0.339 e. The van der Waals surface area contributed by atoms with Crippen molar-refractivity contribution in [3.63, 3.8) is 0 Å². The molecule has 5 aromatic rings. The van der Waals surface area contributed by atoms with Crippen LogP contribution in [-0.2, 0) is 26.3 Å². The van der Waals surface area contributed by atoms with Gasteiger partial charge in [-0.1, -0.05) is 55.7 Å². The molecule has 2 aromatic heterocycles. The van der Waals surface area contributed by atoms with Crippen LogP contribution in [0.1, 0.15) is 113 Å². The molecule has 17 heteroatoms. The summed E-state index contributed by atoms with van der Waals surface area (Å²) < 4.78 is 11.6. The lowest BCUT2D eigenvalue weighted by Crippen LogP contribution is -2.54. The van der Waals surface area contributed by atoms with Gasteiger partial charge < -0.3 is 30.2 Å². The van der Waals surface area contributed by atoms with Gasteiger partial charge in [0, 0.05) is 42.5 Å². The van der Waals surface area contributed by atoms with Crippen molar-refractivity contribution in [3.05, 3.63) is 107 Å². The summed E-state index contributed by atoms with van der Waals surface area (Å²) in [5, 5.41) is 31.0. The van der Waals surface area contributed by atoms with Crippen molar-refractivity contribution in [2.24, 2.45) is 0 Å². The van der Waals surface area contributed by atoms with E-state index in [1.54, 1.807) is 36.5 Å². The smallest absolute Gasteiger partial charge is 0.339 e. The van der Waals surface area contributed by atoms with Gasteiger partial charge in [0.1, 0.15) is 17.5 Å². The molecule has 8 rings (SSSR count). The first-order valence-corrected chi connectivity index (χ1v) is 20.4. The van der Waals surface area contributed by atoms with E-state index in [4.69, 9.17) is 14.1 Å². The molecule has 3 aliphatic rings. The van der Waals surface area contributed by atoms with Crippen molar-refractivity contribution in [1.29, 1.82) is 0 Å². The second-order valence-electron chi connectivity index (χ2n) is 15.7. The van der Waals surface area contributed by atoms with E-state index in [0.717, 1.165) is 48.1 Å². The third-order valence-electron chi connectivity index (χ3n) is 11.0. The topological polar surface area (TPSA) is 231 Å². The molecular weight excluding hydrogens is 783 g/mol. The van der Waals surface area contributed by atoms with E-state index in [1.165, 1.54) is 0 Å². The summed E-state index contributed by atoms with van der Waals surface area (Å²) in [6.07, 6.45) is 6.73. The third-order valence-corrected chi connectivity index (χ3v) is 11.0. The number of piperidine rings is 1. The van der Waals surface area contributed by atoms with Crippen LogP contribution in [0.15, 0.2) is 77.3 Å². The van der Waals surface area contributed by atoms with Crippen LogP contribution in [0.2, 0.25) is 0 Å². The van der Waals surface area contributed by atoms with E-state index in [2.05, 4.69) is 36.4 Å². The Morgan fingerprint density at radius 1 is 0.902 bits per heavy atom. The lowest BCUT2D eigenvalue weighted by atomic mass is 9.95. The van der Waals surface area contributed by atoms with Crippen molar-refractivity contribution in [3.8, 4) is 11.5 Å². The van der Waals surface area contributed by atoms with E-state index in [-0.39, 0.29) is 48.4 Å². The molecule has 3 aliphatic heterocycles. The number of aromatic nitrogens is 4. The number of aliphatic hydroxyl groups is 1. The molecule has 314 valence electrons. The number of carbonyl (C=O) groups excluding carboxylic acids is 5. The number of rotatable bonds is 17. The summed E-state index contributed by atoms with van der Waals surface area (Å²) >= 11 is 0. The quantitative estimate of drug-likeness (QED) is 0.0422. The fraction of sp³-hybridized carbons (Fsp3) is 0.341. The molecular formula is C44H45N9O8. The third kappa shape index (κ3) is 8.54. The standard InChI is InChI=1S/C44H45N9O8/c1-44(2)30-22-26(17-18-27(30)42(59)61-44)47-43-46-23-29(37(50-43)48-32(24-54)25-12-7-6-8-13-25)39-52-51-35(60-39)16-9-4-3-5-10-21-45-31-15-11-14-28-36(31)41(58)53(40(28)57)33-19-20-34(55)49-38(33)56/h6-8,11-15,17-18,22-23,32-33,45,54H,3-5,9-10,16,19-21,24H2,1-2H3,(H,49,55,56)(H2,46,47,48,50)/t32-,33?/m1/s1. The number of ether oxygens (including phenoxy) is 1. The van der Waals surface area contributed by atoms with Gasteiger partial charge in [0.2, 0.25) is 23.7 Å². The second kappa shape index (κ2) is 17.3. The lowest BCUT2D eigenvalue weighted by Gasteiger charge is -2.27. The van der Waals surface area contributed by atoms with Crippen LogP contribution in [-0.4, -0.2) is 79.0 Å². The molecule has 3 aromatic carbocycles. The molecule has 0 aliphatic carbocycles. The number of unbranched alkanes of at least 4 members (excludes halogenated alkanes) is 4. The maximum atomic E-state index is 13.4. The summed E-state index contributed by atoms with van der Waals surface area (Å²) in [7, 11) is 0. The van der Waals surface area contributed by atoms with Crippen LogP contribution in [0.4, 0.5) is 23.1 Å². The summed E-state index contributed by atoms with van der Waals surface area (Å²) in [5.41, 5.74) is 3.49. The number of nitrogens with one attached hydrogen (secondary N) is 4. The molecule has 5 heterocycles. The Kier molecular flexibility index (Phi) is 11.6. The second-order valence-corrected chi connectivity index (χ2v) is 15.7. The van der Waals surface area contributed by atoms with Gasteiger partial charge in [-0.3, -0.25) is 29.4 Å². The highest BCUT2D eigenvalue weighted by Crippen LogP contribution is 2.38. The van der Waals surface area contributed by atoms with Gasteiger partial charge in [-0.2, -0.15) is 4.98 Å². The van der Waals surface area contributed by atoms with Crippen molar-refractivity contribution in [2.45, 2.75) is 82.9 Å². The molecule has 61 heavy (non-hydrogen) atoms. The molecule has 0 bridgehead atoms. The first-order chi connectivity index (χ1) is 29.5. The number of nitrogens with zero attached hydrogens (tertiary/aromatic N) is 5. The van der Waals surface area contributed by atoms with Gasteiger partial charge in [0.05, 0.1) is 34.9 Å². The Balaban J connectivity index is 0.858. The van der Waals surface area contributed by atoms with Crippen LogP contribution in [0, 0.1) is 0 Å². The minimum atomic E-state index is -1.01. The molecule has 4 amide bonds. The number of aliphatic hydroxyl groups excluding tert-OH is 1. The highest BCUT2D eigenvalue weighted by molar-refractivity contribution is 6.25. The normalized spacial score (nSPS) is 17.1. The number of esters is 1. The first kappa shape index (κ1) is 40.8.